The predicted molar refractivity (Wildman–Crippen MR) is 42.5 cm³/mol. The van der Waals surface area contributed by atoms with E-state index < -0.39 is 12.3 Å². The van der Waals surface area contributed by atoms with Crippen molar-refractivity contribution in [3.63, 3.8) is 0 Å². The molecule has 0 bridgehead atoms. The third-order valence-corrected chi connectivity index (χ3v) is 1.05. The molecule has 0 heterocycles. The molecule has 0 aromatic heterocycles. The van der Waals surface area contributed by atoms with Crippen molar-refractivity contribution in [1.29, 1.82) is 0 Å². The van der Waals surface area contributed by atoms with Crippen LogP contribution in [0.25, 0.3) is 0 Å². The molecule has 0 saturated heterocycles. The first kappa shape index (κ1) is 11.1. The summed E-state index contributed by atoms with van der Waals surface area (Å²) in [7, 11) is 0. The Hall–Kier alpha value is -0.910. The van der Waals surface area contributed by atoms with Gasteiger partial charge in [-0.25, -0.2) is 0 Å². The monoisotopic (exact) mass is 175 g/mol. The number of rotatable bonds is 6. The number of carboxylic acids is 1. The molecule has 0 atom stereocenters. The maximum atomic E-state index is 9.97. The molecule has 0 amide bonds. The van der Waals surface area contributed by atoms with Crippen LogP contribution in [0.15, 0.2) is 12.2 Å². The van der Waals surface area contributed by atoms with Crippen molar-refractivity contribution in [3.8, 4) is 0 Å². The summed E-state index contributed by atoms with van der Waals surface area (Å²) >= 11 is 0. The Morgan fingerprint density at radius 1 is 1.42 bits per heavy atom. The number of hydrogen-bond acceptors (Lipinski definition) is 4. The fourth-order valence-electron chi connectivity index (χ4n) is 0.564. The molecule has 0 spiro atoms. The largest absolute Gasteiger partial charge is 0.480 e. The molecule has 0 fully saturated rings. The molecule has 0 aliphatic heterocycles. The molecule has 70 valence electrons. The highest BCUT2D eigenvalue weighted by molar-refractivity contribution is 5.68. The van der Waals surface area contributed by atoms with E-state index in [4.69, 9.17) is 15.3 Å². The molecule has 0 aliphatic rings. The highest BCUT2D eigenvalue weighted by atomic mass is 16.5. The number of aliphatic carboxylic acids is 1. The second kappa shape index (κ2) is 6.78. The first-order valence-corrected chi connectivity index (χ1v) is 3.56. The molecule has 0 saturated carbocycles. The smallest absolute Gasteiger partial charge is 0.317 e. The number of aliphatic hydroxyl groups is 2. The van der Waals surface area contributed by atoms with E-state index in [9.17, 15) is 4.79 Å². The highest BCUT2D eigenvalue weighted by Crippen LogP contribution is 1.86. The summed E-state index contributed by atoms with van der Waals surface area (Å²) in [5, 5.41) is 27.6. The zero-order chi connectivity index (χ0) is 9.40. The van der Waals surface area contributed by atoms with Crippen LogP contribution in [0.3, 0.4) is 0 Å². The van der Waals surface area contributed by atoms with E-state index in [0.717, 1.165) is 0 Å². The molecule has 0 aromatic rings. The third kappa shape index (κ3) is 9.09. The van der Waals surface area contributed by atoms with Crippen LogP contribution in [-0.4, -0.2) is 40.7 Å². The van der Waals surface area contributed by atoms with Gasteiger partial charge in [-0.1, -0.05) is 12.2 Å². The summed E-state index contributed by atoms with van der Waals surface area (Å²) in [4.78, 5) is 9.97. The number of aliphatic hydroxyl groups excluding tert-OH is 1. The average Bonchev–Trinajstić information content (AvgIpc) is 1.95. The van der Waals surface area contributed by atoms with E-state index in [1.54, 1.807) is 12.2 Å². The van der Waals surface area contributed by atoms with Crippen LogP contribution in [0.1, 0.15) is 6.42 Å². The lowest BCUT2D eigenvalue weighted by Gasteiger charge is -1.97. The van der Waals surface area contributed by atoms with Crippen molar-refractivity contribution in [1.82, 2.24) is 5.32 Å². The zero-order valence-electron chi connectivity index (χ0n) is 6.60. The van der Waals surface area contributed by atoms with Gasteiger partial charge in [0.1, 0.15) is 0 Å². The maximum Gasteiger partial charge on any atom is 0.317 e. The van der Waals surface area contributed by atoms with E-state index in [1.807, 2.05) is 0 Å². The summed E-state index contributed by atoms with van der Waals surface area (Å²) in [6.45, 7) is 0.324. The van der Waals surface area contributed by atoms with Gasteiger partial charge in [0.25, 0.3) is 0 Å². The van der Waals surface area contributed by atoms with Crippen molar-refractivity contribution in [2.24, 2.45) is 0 Å². The number of carboxylic acid groups (broad SMARTS) is 1. The van der Waals surface area contributed by atoms with E-state index in [1.165, 1.54) is 0 Å². The minimum atomic E-state index is -1.33. The van der Waals surface area contributed by atoms with Crippen LogP contribution < -0.4 is 5.32 Å². The molecular formula is C7H13NO4. The lowest BCUT2D eigenvalue weighted by atomic mass is 10.3. The van der Waals surface area contributed by atoms with E-state index in [-0.39, 0.29) is 13.0 Å². The van der Waals surface area contributed by atoms with Gasteiger partial charge in [0.15, 0.2) is 6.29 Å². The molecular weight excluding hydrogens is 162 g/mol. The van der Waals surface area contributed by atoms with Crippen molar-refractivity contribution in [2.75, 3.05) is 13.1 Å². The SMILES string of the molecule is O=C(O)CNCC=CCC(O)O. The summed E-state index contributed by atoms with van der Waals surface area (Å²) in [6.07, 6.45) is 2.04. The first-order valence-electron chi connectivity index (χ1n) is 3.56. The minimum Gasteiger partial charge on any atom is -0.480 e. The summed E-state index contributed by atoms with van der Waals surface area (Å²) in [5.41, 5.74) is 0. The van der Waals surface area contributed by atoms with E-state index in [2.05, 4.69) is 5.32 Å². The van der Waals surface area contributed by atoms with Crippen LogP contribution in [0.2, 0.25) is 0 Å². The van der Waals surface area contributed by atoms with Gasteiger partial charge >= 0.3 is 5.97 Å². The second-order valence-electron chi connectivity index (χ2n) is 2.21. The van der Waals surface area contributed by atoms with Gasteiger partial charge < -0.3 is 20.6 Å². The topological polar surface area (TPSA) is 89.8 Å². The van der Waals surface area contributed by atoms with Crippen molar-refractivity contribution in [3.05, 3.63) is 12.2 Å². The van der Waals surface area contributed by atoms with Gasteiger partial charge in [-0.15, -0.1) is 0 Å². The quantitative estimate of drug-likeness (QED) is 0.234. The summed E-state index contributed by atoms with van der Waals surface area (Å²) in [6, 6.07) is 0. The van der Waals surface area contributed by atoms with Gasteiger partial charge in [0.2, 0.25) is 0 Å². The van der Waals surface area contributed by atoms with Gasteiger partial charge in [-0.3, -0.25) is 4.79 Å². The van der Waals surface area contributed by atoms with Gasteiger partial charge in [-0.2, -0.15) is 0 Å². The highest BCUT2D eigenvalue weighted by Gasteiger charge is 1.92. The Morgan fingerprint density at radius 2 is 2.08 bits per heavy atom. The molecule has 5 nitrogen and oxygen atoms in total. The Kier molecular flexibility index (Phi) is 6.26. The molecule has 0 rings (SSSR count). The number of nitrogens with one attached hydrogen (secondary N) is 1. The Bertz CT molecular complexity index is 155. The summed E-state index contributed by atoms with van der Waals surface area (Å²) < 4.78 is 0. The maximum absolute atomic E-state index is 9.97. The van der Waals surface area contributed by atoms with Crippen LogP contribution >= 0.6 is 0 Å². The molecule has 0 radical (unpaired) electrons. The summed E-state index contributed by atoms with van der Waals surface area (Å²) in [5.74, 6) is -0.911. The minimum absolute atomic E-state index is 0.0913. The van der Waals surface area contributed by atoms with Crippen molar-refractivity contribution in [2.45, 2.75) is 12.7 Å². The van der Waals surface area contributed by atoms with E-state index >= 15 is 0 Å². The fourth-order valence-corrected chi connectivity index (χ4v) is 0.564. The Morgan fingerprint density at radius 3 is 2.58 bits per heavy atom. The molecule has 0 aliphatic carbocycles. The number of carbonyl (C=O) groups is 1. The fraction of sp³-hybridized carbons (Fsp3) is 0.571. The molecule has 0 unspecified atom stereocenters. The molecule has 4 N–H and O–H groups in total. The van der Waals surface area contributed by atoms with Crippen molar-refractivity contribution >= 4 is 5.97 Å². The Balaban J connectivity index is 3.19. The Labute approximate surface area is 70.3 Å². The van der Waals surface area contributed by atoms with Crippen LogP contribution in [0.4, 0.5) is 0 Å². The van der Waals surface area contributed by atoms with Crippen LogP contribution in [0.5, 0.6) is 0 Å². The predicted octanol–water partition coefficient (Wildman–Crippen LogP) is -1.08. The lowest BCUT2D eigenvalue weighted by molar-refractivity contribution is -0.135. The van der Waals surface area contributed by atoms with Gasteiger partial charge in [-0.05, 0) is 0 Å². The molecule has 5 heteroatoms. The molecule has 12 heavy (non-hydrogen) atoms. The number of hydrogen-bond donors (Lipinski definition) is 4. The van der Waals surface area contributed by atoms with Gasteiger partial charge in [0, 0.05) is 13.0 Å². The van der Waals surface area contributed by atoms with Gasteiger partial charge in [0.05, 0.1) is 6.54 Å². The van der Waals surface area contributed by atoms with Crippen LogP contribution in [0, 0.1) is 0 Å². The van der Waals surface area contributed by atoms with Crippen molar-refractivity contribution < 1.29 is 20.1 Å². The standard InChI is InChI=1S/C7H13NO4/c9-6(10)3-1-2-4-8-5-7(11)12/h1-2,6,8-10H,3-5H2,(H,11,12). The van der Waals surface area contributed by atoms with Crippen LogP contribution in [-0.2, 0) is 4.79 Å². The first-order chi connectivity index (χ1) is 5.63. The van der Waals surface area contributed by atoms with E-state index in [0.29, 0.717) is 6.54 Å². The molecule has 0 aromatic carbocycles. The second-order valence-corrected chi connectivity index (χ2v) is 2.21. The lowest BCUT2D eigenvalue weighted by Crippen LogP contribution is -2.22. The normalized spacial score (nSPS) is 11.2. The zero-order valence-corrected chi connectivity index (χ0v) is 6.60. The third-order valence-electron chi connectivity index (χ3n) is 1.05. The average molecular weight is 175 g/mol.